The van der Waals surface area contributed by atoms with Crippen LogP contribution in [-0.4, -0.2) is 21.6 Å². The van der Waals surface area contributed by atoms with Crippen LogP contribution in [0.5, 0.6) is 5.75 Å². The van der Waals surface area contributed by atoms with Crippen LogP contribution >= 0.6 is 11.3 Å². The number of benzene rings is 2. The van der Waals surface area contributed by atoms with Crippen molar-refractivity contribution >= 4 is 33.2 Å². The van der Waals surface area contributed by atoms with Gasteiger partial charge in [0.25, 0.3) is 0 Å². The summed E-state index contributed by atoms with van der Waals surface area (Å²) < 4.78 is 34.9. The van der Waals surface area contributed by atoms with Gasteiger partial charge in [-0.05, 0) is 42.3 Å². The van der Waals surface area contributed by atoms with Gasteiger partial charge in [-0.2, -0.15) is 4.98 Å². The largest absolute Gasteiger partial charge is 0.490 e. The third-order valence-corrected chi connectivity index (χ3v) is 5.41. The zero-order chi connectivity index (χ0) is 20.5. The molecule has 0 atom stereocenters. The average molecular weight is 414 g/mol. The summed E-state index contributed by atoms with van der Waals surface area (Å²) in [4.78, 5) is 20.6. The van der Waals surface area contributed by atoms with Crippen LogP contribution in [0.25, 0.3) is 10.2 Å². The van der Waals surface area contributed by atoms with Crippen LogP contribution in [0.3, 0.4) is 0 Å². The molecule has 148 valence electrons. The van der Waals surface area contributed by atoms with Crippen LogP contribution in [0, 0.1) is 18.6 Å². The van der Waals surface area contributed by atoms with E-state index in [-0.39, 0.29) is 18.2 Å². The van der Waals surface area contributed by atoms with Gasteiger partial charge in [0.2, 0.25) is 11.7 Å². The van der Waals surface area contributed by atoms with Crippen molar-refractivity contribution in [3.63, 3.8) is 0 Å². The maximum absolute atomic E-state index is 13.6. The van der Waals surface area contributed by atoms with Crippen molar-refractivity contribution in [2.45, 2.75) is 13.5 Å². The number of thiazole rings is 1. The lowest BCUT2D eigenvalue weighted by Crippen LogP contribution is -2.19. The molecule has 2 heterocycles. The van der Waals surface area contributed by atoms with Crippen LogP contribution in [0.4, 0.5) is 20.4 Å². The number of nitrogens with one attached hydrogen (secondary N) is 1. The summed E-state index contributed by atoms with van der Waals surface area (Å²) in [6.45, 7) is 2.03. The second kappa shape index (κ2) is 7.59. The van der Waals surface area contributed by atoms with Gasteiger partial charge in [0.05, 0.1) is 35.6 Å². The molecular weight excluding hydrogens is 398 g/mol. The fourth-order valence-electron chi connectivity index (χ4n) is 3.05. The molecule has 4 aromatic rings. The van der Waals surface area contributed by atoms with E-state index in [9.17, 15) is 13.6 Å². The average Bonchev–Trinajstić information content (AvgIpc) is 3.15. The monoisotopic (exact) mass is 414 g/mol. The summed E-state index contributed by atoms with van der Waals surface area (Å²) in [7, 11) is 1.36. The van der Waals surface area contributed by atoms with Gasteiger partial charge in [-0.15, -0.1) is 11.3 Å². The number of fused-ring (bicyclic) bond motifs is 1. The molecule has 0 unspecified atom stereocenters. The highest BCUT2D eigenvalue weighted by Gasteiger charge is 2.13. The number of rotatable bonds is 5. The Labute approximate surface area is 168 Å². The Morgan fingerprint density at radius 3 is 2.69 bits per heavy atom. The molecule has 2 aromatic carbocycles. The van der Waals surface area contributed by atoms with Crippen LogP contribution in [-0.2, 0) is 6.54 Å². The predicted octanol–water partition coefficient (Wildman–Crippen LogP) is 4.24. The summed E-state index contributed by atoms with van der Waals surface area (Å²) >= 11 is 1.51. The Morgan fingerprint density at radius 1 is 1.21 bits per heavy atom. The van der Waals surface area contributed by atoms with Gasteiger partial charge < -0.3 is 14.6 Å². The van der Waals surface area contributed by atoms with E-state index in [1.165, 1.54) is 36.8 Å². The van der Waals surface area contributed by atoms with E-state index in [2.05, 4.69) is 15.3 Å². The van der Waals surface area contributed by atoms with Crippen molar-refractivity contribution in [3.05, 3.63) is 75.2 Å². The molecule has 0 aliphatic heterocycles. The third-order valence-electron chi connectivity index (χ3n) is 4.45. The van der Waals surface area contributed by atoms with Gasteiger partial charge in [-0.1, -0.05) is 0 Å². The number of hydrogen-bond acceptors (Lipinski definition) is 6. The Bertz CT molecular complexity index is 1250. The molecule has 0 aliphatic rings. The first-order chi connectivity index (χ1) is 13.9. The number of halogens is 2. The first-order valence-corrected chi connectivity index (χ1v) is 9.53. The van der Waals surface area contributed by atoms with Gasteiger partial charge in [0, 0.05) is 11.8 Å². The summed E-state index contributed by atoms with van der Waals surface area (Å²) in [6.07, 6.45) is 1.46. The quantitative estimate of drug-likeness (QED) is 0.529. The van der Waals surface area contributed by atoms with E-state index in [4.69, 9.17) is 4.74 Å². The Morgan fingerprint density at radius 2 is 1.97 bits per heavy atom. The van der Waals surface area contributed by atoms with Crippen molar-refractivity contribution in [1.82, 2.24) is 14.5 Å². The molecule has 0 bridgehead atoms. The summed E-state index contributed by atoms with van der Waals surface area (Å²) in [5.74, 6) is -1.10. The highest BCUT2D eigenvalue weighted by Crippen LogP contribution is 2.29. The van der Waals surface area contributed by atoms with E-state index < -0.39 is 17.2 Å². The topological polar surface area (TPSA) is 69.0 Å². The lowest BCUT2D eigenvalue weighted by Gasteiger charge is -2.16. The molecule has 0 radical (unpaired) electrons. The van der Waals surface area contributed by atoms with E-state index in [0.29, 0.717) is 5.56 Å². The van der Waals surface area contributed by atoms with Crippen molar-refractivity contribution in [2.75, 3.05) is 12.4 Å². The highest BCUT2D eigenvalue weighted by molar-refractivity contribution is 7.17. The number of anilines is 2. The SMILES string of the molecule is COc1cn(Cc2cc(F)cc(F)c2)c(Nc2ccc3ncsc3c2C)nc1=O. The first-order valence-electron chi connectivity index (χ1n) is 8.65. The fourth-order valence-corrected chi connectivity index (χ4v) is 3.85. The zero-order valence-electron chi connectivity index (χ0n) is 15.6. The molecule has 4 rings (SSSR count). The lowest BCUT2D eigenvalue weighted by atomic mass is 10.2. The number of aryl methyl sites for hydroxylation is 1. The van der Waals surface area contributed by atoms with E-state index in [0.717, 1.165) is 27.5 Å². The van der Waals surface area contributed by atoms with Gasteiger partial charge in [-0.25, -0.2) is 13.8 Å². The van der Waals surface area contributed by atoms with Crippen LogP contribution in [0.15, 0.2) is 46.8 Å². The minimum Gasteiger partial charge on any atom is -0.490 e. The van der Waals surface area contributed by atoms with Gasteiger partial charge in [-0.3, -0.25) is 4.79 Å². The lowest BCUT2D eigenvalue weighted by molar-refractivity contribution is 0.402. The molecular formula is C20H16F2N4O2S. The van der Waals surface area contributed by atoms with Crippen LogP contribution in [0.1, 0.15) is 11.1 Å². The van der Waals surface area contributed by atoms with Gasteiger partial charge in [0.1, 0.15) is 11.6 Å². The summed E-state index contributed by atoms with van der Waals surface area (Å²) in [6, 6.07) is 6.98. The second-order valence-corrected chi connectivity index (χ2v) is 7.26. The maximum Gasteiger partial charge on any atom is 0.316 e. The van der Waals surface area contributed by atoms with Crippen molar-refractivity contribution in [3.8, 4) is 5.75 Å². The van der Waals surface area contributed by atoms with Gasteiger partial charge >= 0.3 is 5.56 Å². The first kappa shape index (κ1) is 19.0. The molecule has 0 saturated carbocycles. The summed E-state index contributed by atoms with van der Waals surface area (Å²) in [5, 5.41) is 3.15. The molecule has 0 amide bonds. The summed E-state index contributed by atoms with van der Waals surface area (Å²) in [5.41, 5.74) is 4.19. The minimum absolute atomic E-state index is 0.0297. The molecule has 0 saturated heterocycles. The Kier molecular flexibility index (Phi) is 4.98. The van der Waals surface area contributed by atoms with Crippen LogP contribution in [0.2, 0.25) is 0 Å². The standard InChI is InChI=1S/C20H16F2N4O2S/c1-11-15(3-4-16-18(11)29-10-23-16)24-20-25-19(27)17(28-2)9-26(20)8-12-5-13(21)7-14(22)6-12/h3-7,9-10H,8H2,1-2H3,(H,24,25,27). The third kappa shape index (κ3) is 3.81. The van der Waals surface area contributed by atoms with E-state index >= 15 is 0 Å². The fraction of sp³-hybridized carbons (Fsp3) is 0.150. The zero-order valence-corrected chi connectivity index (χ0v) is 16.4. The minimum atomic E-state index is -0.679. The Hall–Kier alpha value is -3.33. The number of methoxy groups -OCH3 is 1. The normalized spacial score (nSPS) is 11.0. The van der Waals surface area contributed by atoms with Crippen molar-refractivity contribution < 1.29 is 13.5 Å². The Balaban J connectivity index is 1.77. The predicted molar refractivity (Wildman–Crippen MR) is 108 cm³/mol. The highest BCUT2D eigenvalue weighted by atomic mass is 32.1. The number of ether oxygens (including phenoxy) is 1. The molecule has 1 N–H and O–H groups in total. The number of nitrogens with zero attached hydrogens (tertiary/aromatic N) is 3. The molecule has 0 spiro atoms. The molecule has 29 heavy (non-hydrogen) atoms. The molecule has 9 heteroatoms. The van der Waals surface area contributed by atoms with Crippen molar-refractivity contribution in [2.24, 2.45) is 0 Å². The molecule has 6 nitrogen and oxygen atoms in total. The number of hydrogen-bond donors (Lipinski definition) is 1. The number of aromatic nitrogens is 3. The molecule has 0 aliphatic carbocycles. The maximum atomic E-state index is 13.6. The van der Waals surface area contributed by atoms with E-state index in [1.54, 1.807) is 10.1 Å². The second-order valence-electron chi connectivity index (χ2n) is 6.41. The van der Waals surface area contributed by atoms with Gasteiger partial charge in [0.15, 0.2) is 0 Å². The van der Waals surface area contributed by atoms with Crippen molar-refractivity contribution in [1.29, 1.82) is 0 Å². The van der Waals surface area contributed by atoms with E-state index in [1.807, 2.05) is 19.1 Å². The smallest absolute Gasteiger partial charge is 0.316 e. The molecule has 2 aromatic heterocycles. The van der Waals surface area contributed by atoms with Crippen LogP contribution < -0.4 is 15.6 Å². The molecule has 0 fully saturated rings.